The molecule has 122 valence electrons. The second-order valence-corrected chi connectivity index (χ2v) is 7.45. The van der Waals surface area contributed by atoms with Crippen molar-refractivity contribution in [2.45, 2.75) is 4.90 Å². The molecule has 3 rings (SSSR count). The molecule has 8 nitrogen and oxygen atoms in total. The predicted octanol–water partition coefficient (Wildman–Crippen LogP) is -0.257. The van der Waals surface area contributed by atoms with Crippen LogP contribution in [0.3, 0.4) is 0 Å². The van der Waals surface area contributed by atoms with E-state index in [4.69, 9.17) is 9.88 Å². The van der Waals surface area contributed by atoms with E-state index in [0.717, 1.165) is 0 Å². The Balaban J connectivity index is 1.98. The maximum absolute atomic E-state index is 11.7. The number of nitriles is 1. The van der Waals surface area contributed by atoms with Crippen molar-refractivity contribution in [1.82, 2.24) is 0 Å². The van der Waals surface area contributed by atoms with Gasteiger partial charge in [-0.1, -0.05) is 0 Å². The number of carbonyl (C=O) groups is 1. The van der Waals surface area contributed by atoms with Crippen molar-refractivity contribution in [3.8, 4) is 6.07 Å². The average molecular weight is 337 g/mol. The molecule has 1 aromatic rings. The Morgan fingerprint density at radius 1 is 1.52 bits per heavy atom. The van der Waals surface area contributed by atoms with Gasteiger partial charge in [-0.3, -0.25) is 4.79 Å². The van der Waals surface area contributed by atoms with E-state index in [1.165, 1.54) is 18.2 Å². The zero-order chi connectivity index (χ0) is 16.8. The minimum absolute atomic E-state index is 0.140. The molecule has 0 aromatic heterocycles. The number of carboxylic acid groups (broad SMARTS) is 1. The van der Waals surface area contributed by atoms with E-state index in [1.54, 1.807) is 4.90 Å². The molecule has 23 heavy (non-hydrogen) atoms. The molecule has 0 saturated carbocycles. The van der Waals surface area contributed by atoms with Crippen LogP contribution in [0.15, 0.2) is 23.1 Å². The molecular formula is C14H15N3O5S. The number of carboxylic acids is 1. The molecule has 0 aliphatic carbocycles. The summed E-state index contributed by atoms with van der Waals surface area (Å²) in [7, 11) is -3.90. The number of benzene rings is 1. The lowest BCUT2D eigenvalue weighted by atomic mass is 9.81. The lowest BCUT2D eigenvalue weighted by molar-refractivity contribution is -0.149. The molecule has 2 saturated heterocycles. The molecule has 2 aliphatic rings. The molecule has 1 aromatic carbocycles. The molecule has 0 unspecified atom stereocenters. The van der Waals surface area contributed by atoms with Crippen molar-refractivity contribution in [1.29, 1.82) is 5.26 Å². The van der Waals surface area contributed by atoms with E-state index in [1.807, 2.05) is 6.07 Å². The number of nitrogens with two attached hydrogens (primary N) is 1. The van der Waals surface area contributed by atoms with Crippen molar-refractivity contribution < 1.29 is 23.1 Å². The fourth-order valence-corrected chi connectivity index (χ4v) is 3.82. The number of nitrogens with zero attached hydrogens (tertiary/aromatic N) is 2. The quantitative estimate of drug-likeness (QED) is 0.776. The van der Waals surface area contributed by atoms with Gasteiger partial charge in [0, 0.05) is 19.0 Å². The molecule has 2 aliphatic heterocycles. The van der Waals surface area contributed by atoms with Crippen LogP contribution in [0.1, 0.15) is 5.56 Å². The molecule has 0 amide bonds. The van der Waals surface area contributed by atoms with Crippen molar-refractivity contribution in [2.75, 3.05) is 31.2 Å². The smallest absolute Gasteiger partial charge is 0.314 e. The highest BCUT2D eigenvalue weighted by Gasteiger charge is 2.56. The Labute approximate surface area is 133 Å². The summed E-state index contributed by atoms with van der Waals surface area (Å²) in [6.07, 6.45) is 0. The number of rotatable bonds is 3. The molecule has 9 heteroatoms. The number of sulfonamides is 1. The van der Waals surface area contributed by atoms with Crippen molar-refractivity contribution in [3.05, 3.63) is 23.8 Å². The van der Waals surface area contributed by atoms with Gasteiger partial charge in [-0.15, -0.1) is 0 Å². The maximum atomic E-state index is 11.7. The Bertz CT molecular complexity index is 816. The molecule has 0 spiro atoms. The van der Waals surface area contributed by atoms with Gasteiger partial charge in [-0.2, -0.15) is 5.26 Å². The first-order valence-electron chi connectivity index (χ1n) is 6.91. The van der Waals surface area contributed by atoms with Gasteiger partial charge in [-0.05, 0) is 18.2 Å². The second-order valence-electron chi connectivity index (χ2n) is 5.89. The Kier molecular flexibility index (Phi) is 3.55. The summed E-state index contributed by atoms with van der Waals surface area (Å²) < 4.78 is 28.1. The first kappa shape index (κ1) is 15.7. The maximum Gasteiger partial charge on any atom is 0.314 e. The Morgan fingerprint density at radius 3 is 2.83 bits per heavy atom. The fourth-order valence-electron chi connectivity index (χ4n) is 3.28. The van der Waals surface area contributed by atoms with E-state index >= 15 is 0 Å². The minimum Gasteiger partial charge on any atom is -0.481 e. The highest BCUT2D eigenvalue weighted by molar-refractivity contribution is 7.89. The zero-order valence-corrected chi connectivity index (χ0v) is 12.9. The normalized spacial score (nSPS) is 26.8. The van der Waals surface area contributed by atoms with Crippen LogP contribution >= 0.6 is 0 Å². The summed E-state index contributed by atoms with van der Waals surface area (Å²) in [5, 5.41) is 23.9. The highest BCUT2D eigenvalue weighted by Crippen LogP contribution is 2.43. The largest absolute Gasteiger partial charge is 0.481 e. The van der Waals surface area contributed by atoms with Crippen LogP contribution in [0.5, 0.6) is 0 Å². The minimum atomic E-state index is -3.90. The van der Waals surface area contributed by atoms with E-state index in [0.29, 0.717) is 18.8 Å². The van der Waals surface area contributed by atoms with Gasteiger partial charge in [0.05, 0.1) is 29.4 Å². The summed E-state index contributed by atoms with van der Waals surface area (Å²) in [4.78, 5) is 13.3. The topological polar surface area (TPSA) is 134 Å². The van der Waals surface area contributed by atoms with Gasteiger partial charge in [0.15, 0.2) is 0 Å². The number of aliphatic carboxylic acids is 1. The Hall–Kier alpha value is -2.15. The number of ether oxygens (including phenoxy) is 1. The first-order chi connectivity index (χ1) is 10.8. The lowest BCUT2D eigenvalue weighted by Gasteiger charge is -2.24. The molecule has 2 atom stereocenters. The number of hydrogen-bond donors (Lipinski definition) is 2. The number of fused-ring (bicyclic) bond motifs is 1. The number of primary sulfonamides is 1. The Morgan fingerprint density at radius 2 is 2.26 bits per heavy atom. The van der Waals surface area contributed by atoms with Crippen LogP contribution in [0.25, 0.3) is 0 Å². The van der Waals surface area contributed by atoms with Gasteiger partial charge in [-0.25, -0.2) is 13.6 Å². The third-order valence-corrected chi connectivity index (χ3v) is 5.47. The molecule has 0 radical (unpaired) electrons. The van der Waals surface area contributed by atoms with E-state index < -0.39 is 21.4 Å². The van der Waals surface area contributed by atoms with Crippen LogP contribution < -0.4 is 10.0 Å². The summed E-state index contributed by atoms with van der Waals surface area (Å²) in [5.41, 5.74) is -0.321. The predicted molar refractivity (Wildman–Crippen MR) is 79.1 cm³/mol. The molecule has 0 bridgehead atoms. The second kappa shape index (κ2) is 5.19. The number of hydrogen-bond acceptors (Lipinski definition) is 6. The zero-order valence-electron chi connectivity index (χ0n) is 12.1. The summed E-state index contributed by atoms with van der Waals surface area (Å²) >= 11 is 0. The van der Waals surface area contributed by atoms with Gasteiger partial charge in [0.25, 0.3) is 0 Å². The first-order valence-corrected chi connectivity index (χ1v) is 8.45. The summed E-state index contributed by atoms with van der Waals surface area (Å²) in [6.45, 7) is 1.16. The van der Waals surface area contributed by atoms with Crippen LogP contribution in [-0.4, -0.2) is 45.8 Å². The van der Waals surface area contributed by atoms with Crippen molar-refractivity contribution in [3.63, 3.8) is 0 Å². The van der Waals surface area contributed by atoms with E-state index in [9.17, 15) is 23.6 Å². The standard InChI is InChI=1S/C14H15N3O5S/c15-4-9-3-11(23(16,20)21)1-2-12(9)17-5-10-6-22-8-14(10,7-17)13(18)19/h1-3,10H,5-8H2,(H,18,19)(H2,16,20,21)/t10-,14-/m1/s1. The average Bonchev–Trinajstić information content (AvgIpc) is 3.03. The third kappa shape index (κ3) is 2.45. The SMILES string of the molecule is N#Cc1cc(S(N)(=O)=O)ccc1N1C[C@@H]2COC[C@]2(C(=O)O)C1. The monoisotopic (exact) mass is 337 g/mol. The van der Waals surface area contributed by atoms with Gasteiger partial charge >= 0.3 is 5.97 Å². The van der Waals surface area contributed by atoms with E-state index in [-0.39, 0.29) is 29.5 Å². The molecule has 2 fully saturated rings. The van der Waals surface area contributed by atoms with Crippen LogP contribution in [0, 0.1) is 22.7 Å². The van der Waals surface area contributed by atoms with Crippen molar-refractivity contribution >= 4 is 21.7 Å². The molecule has 3 N–H and O–H groups in total. The van der Waals surface area contributed by atoms with Crippen LogP contribution in [0.4, 0.5) is 5.69 Å². The van der Waals surface area contributed by atoms with E-state index in [2.05, 4.69) is 0 Å². The van der Waals surface area contributed by atoms with Gasteiger partial charge < -0.3 is 14.7 Å². The summed E-state index contributed by atoms with van der Waals surface area (Å²) in [6, 6.07) is 5.98. The lowest BCUT2D eigenvalue weighted by Crippen LogP contribution is -2.39. The van der Waals surface area contributed by atoms with Crippen LogP contribution in [0.2, 0.25) is 0 Å². The highest BCUT2D eigenvalue weighted by atomic mass is 32.2. The molecule has 2 heterocycles. The van der Waals surface area contributed by atoms with Crippen molar-refractivity contribution in [2.24, 2.45) is 16.5 Å². The third-order valence-electron chi connectivity index (χ3n) is 4.56. The molecular weight excluding hydrogens is 322 g/mol. The summed E-state index contributed by atoms with van der Waals surface area (Å²) in [5.74, 6) is -1.08. The van der Waals surface area contributed by atoms with Crippen LogP contribution in [-0.2, 0) is 19.6 Å². The van der Waals surface area contributed by atoms with Gasteiger partial charge in [0.2, 0.25) is 10.0 Å². The number of anilines is 1. The van der Waals surface area contributed by atoms with Gasteiger partial charge in [0.1, 0.15) is 11.5 Å². The fraction of sp³-hybridized carbons (Fsp3) is 0.429.